The van der Waals surface area contributed by atoms with E-state index in [4.69, 9.17) is 5.11 Å². The lowest BCUT2D eigenvalue weighted by atomic mass is 10.1. The van der Waals surface area contributed by atoms with Crippen LogP contribution < -0.4 is 5.32 Å². The Balaban J connectivity index is 1.99. The minimum Gasteiger partial charge on any atom is -0.478 e. The van der Waals surface area contributed by atoms with E-state index in [1.807, 2.05) is 13.8 Å². The van der Waals surface area contributed by atoms with Gasteiger partial charge in [0.25, 0.3) is 0 Å². The van der Waals surface area contributed by atoms with E-state index in [0.717, 1.165) is 28.8 Å². The fraction of sp³-hybridized carbons (Fsp3) is 0.235. The Labute approximate surface area is 123 Å². The lowest BCUT2D eigenvalue weighted by Gasteiger charge is -2.11. The SMILES string of the molecule is Cc1cc(F)ccc1CCNc1ccc(C(=O)O)cc1C. The summed E-state index contributed by atoms with van der Waals surface area (Å²) >= 11 is 0. The Morgan fingerprint density at radius 1 is 1.14 bits per heavy atom. The maximum atomic E-state index is 13.0. The number of nitrogens with one attached hydrogen (secondary N) is 1. The van der Waals surface area contributed by atoms with Crippen LogP contribution in [0.15, 0.2) is 36.4 Å². The number of hydrogen-bond donors (Lipinski definition) is 2. The number of benzene rings is 2. The van der Waals surface area contributed by atoms with Gasteiger partial charge in [0.15, 0.2) is 0 Å². The van der Waals surface area contributed by atoms with Gasteiger partial charge in [-0.3, -0.25) is 0 Å². The number of rotatable bonds is 5. The van der Waals surface area contributed by atoms with Gasteiger partial charge in [0.2, 0.25) is 0 Å². The van der Waals surface area contributed by atoms with Crippen molar-refractivity contribution in [1.82, 2.24) is 0 Å². The van der Waals surface area contributed by atoms with Crippen LogP contribution in [-0.2, 0) is 6.42 Å². The summed E-state index contributed by atoms with van der Waals surface area (Å²) in [7, 11) is 0. The summed E-state index contributed by atoms with van der Waals surface area (Å²) in [5, 5.41) is 12.2. The largest absolute Gasteiger partial charge is 0.478 e. The number of carboxylic acid groups (broad SMARTS) is 1. The van der Waals surface area contributed by atoms with E-state index in [1.165, 1.54) is 12.1 Å². The minimum absolute atomic E-state index is 0.218. The standard InChI is InChI=1S/C17H18FNO2/c1-11-10-15(18)5-3-13(11)7-8-19-16-6-4-14(17(20)21)9-12(16)2/h3-6,9-10,19H,7-8H2,1-2H3,(H,20,21). The summed E-state index contributed by atoms with van der Waals surface area (Å²) in [6.45, 7) is 4.48. The molecule has 0 aliphatic carbocycles. The second-order valence-electron chi connectivity index (χ2n) is 5.08. The average Bonchev–Trinajstić information content (AvgIpc) is 2.42. The molecule has 2 N–H and O–H groups in total. The molecule has 0 unspecified atom stereocenters. The summed E-state index contributed by atoms with van der Waals surface area (Å²) in [5.41, 5.74) is 4.14. The molecule has 21 heavy (non-hydrogen) atoms. The van der Waals surface area contributed by atoms with Gasteiger partial charge < -0.3 is 10.4 Å². The van der Waals surface area contributed by atoms with E-state index in [-0.39, 0.29) is 11.4 Å². The molecule has 0 aliphatic rings. The highest BCUT2D eigenvalue weighted by molar-refractivity contribution is 5.88. The maximum absolute atomic E-state index is 13.0. The first-order valence-electron chi connectivity index (χ1n) is 6.80. The van der Waals surface area contributed by atoms with Crippen molar-refractivity contribution in [2.24, 2.45) is 0 Å². The van der Waals surface area contributed by atoms with Crippen LogP contribution in [0, 0.1) is 19.7 Å². The summed E-state index contributed by atoms with van der Waals surface area (Å²) in [6.07, 6.45) is 0.784. The molecule has 2 aromatic rings. The fourth-order valence-electron chi connectivity index (χ4n) is 2.27. The van der Waals surface area contributed by atoms with Gasteiger partial charge in [0.05, 0.1) is 5.56 Å². The second kappa shape index (κ2) is 6.39. The molecule has 3 nitrogen and oxygen atoms in total. The third-order valence-electron chi connectivity index (χ3n) is 3.49. The minimum atomic E-state index is -0.924. The molecule has 4 heteroatoms. The van der Waals surface area contributed by atoms with E-state index in [0.29, 0.717) is 6.54 Å². The Kier molecular flexibility index (Phi) is 4.58. The first-order chi connectivity index (χ1) is 9.97. The molecule has 0 atom stereocenters. The Morgan fingerprint density at radius 2 is 1.90 bits per heavy atom. The zero-order chi connectivity index (χ0) is 15.4. The molecular formula is C17H18FNO2. The van der Waals surface area contributed by atoms with Gasteiger partial charge in [-0.1, -0.05) is 6.07 Å². The van der Waals surface area contributed by atoms with E-state index in [9.17, 15) is 9.18 Å². The Morgan fingerprint density at radius 3 is 2.52 bits per heavy atom. The van der Waals surface area contributed by atoms with Gasteiger partial charge in [-0.2, -0.15) is 0 Å². The normalized spacial score (nSPS) is 10.4. The van der Waals surface area contributed by atoms with Crippen LogP contribution in [0.3, 0.4) is 0 Å². The molecule has 2 rings (SSSR count). The van der Waals surface area contributed by atoms with Gasteiger partial charge in [-0.15, -0.1) is 0 Å². The Bertz CT molecular complexity index is 668. The van der Waals surface area contributed by atoms with Crippen molar-refractivity contribution in [3.63, 3.8) is 0 Å². The van der Waals surface area contributed by atoms with E-state index >= 15 is 0 Å². The van der Waals surface area contributed by atoms with Gasteiger partial charge >= 0.3 is 5.97 Å². The molecule has 110 valence electrons. The average molecular weight is 287 g/mol. The molecule has 2 aromatic carbocycles. The van der Waals surface area contributed by atoms with Gasteiger partial charge in [0, 0.05) is 12.2 Å². The van der Waals surface area contributed by atoms with E-state index in [1.54, 1.807) is 24.3 Å². The highest BCUT2D eigenvalue weighted by Gasteiger charge is 2.06. The molecule has 0 aromatic heterocycles. The van der Waals surface area contributed by atoms with Crippen molar-refractivity contribution in [1.29, 1.82) is 0 Å². The topological polar surface area (TPSA) is 49.3 Å². The van der Waals surface area contributed by atoms with Crippen LogP contribution in [0.2, 0.25) is 0 Å². The third kappa shape index (κ3) is 3.81. The fourth-order valence-corrected chi connectivity index (χ4v) is 2.27. The van der Waals surface area contributed by atoms with E-state index in [2.05, 4.69) is 5.32 Å². The number of aromatic carboxylic acids is 1. The molecule has 0 saturated heterocycles. The van der Waals surface area contributed by atoms with Crippen molar-refractivity contribution in [3.05, 3.63) is 64.5 Å². The first-order valence-corrected chi connectivity index (χ1v) is 6.80. The number of carbonyl (C=O) groups is 1. The van der Waals surface area contributed by atoms with Crippen molar-refractivity contribution < 1.29 is 14.3 Å². The van der Waals surface area contributed by atoms with Gasteiger partial charge in [-0.25, -0.2) is 9.18 Å². The van der Waals surface area contributed by atoms with Gasteiger partial charge in [-0.05, 0) is 67.3 Å². The van der Waals surface area contributed by atoms with Crippen LogP contribution >= 0.6 is 0 Å². The zero-order valence-corrected chi connectivity index (χ0v) is 12.1. The molecule has 0 aliphatic heterocycles. The number of aryl methyl sites for hydroxylation is 2. The van der Waals surface area contributed by atoms with Crippen molar-refractivity contribution in [2.45, 2.75) is 20.3 Å². The van der Waals surface area contributed by atoms with Crippen LogP contribution in [0.25, 0.3) is 0 Å². The lowest BCUT2D eigenvalue weighted by Crippen LogP contribution is -2.08. The molecule has 0 heterocycles. The van der Waals surface area contributed by atoms with E-state index < -0.39 is 5.97 Å². The first kappa shape index (κ1) is 15.0. The summed E-state index contributed by atoms with van der Waals surface area (Å²) in [6, 6.07) is 9.80. The number of anilines is 1. The number of hydrogen-bond acceptors (Lipinski definition) is 2. The number of carboxylic acids is 1. The summed E-state index contributed by atoms with van der Waals surface area (Å²) in [5.74, 6) is -1.14. The van der Waals surface area contributed by atoms with Crippen LogP contribution in [0.4, 0.5) is 10.1 Å². The molecule has 0 radical (unpaired) electrons. The molecule has 0 fully saturated rings. The van der Waals surface area contributed by atoms with Crippen molar-refractivity contribution in [3.8, 4) is 0 Å². The molecule has 0 spiro atoms. The second-order valence-corrected chi connectivity index (χ2v) is 5.08. The highest BCUT2D eigenvalue weighted by Crippen LogP contribution is 2.17. The summed E-state index contributed by atoms with van der Waals surface area (Å²) in [4.78, 5) is 10.9. The summed E-state index contributed by atoms with van der Waals surface area (Å²) < 4.78 is 13.0. The predicted molar refractivity (Wildman–Crippen MR) is 81.5 cm³/mol. The monoisotopic (exact) mass is 287 g/mol. The zero-order valence-electron chi connectivity index (χ0n) is 12.1. The maximum Gasteiger partial charge on any atom is 0.335 e. The molecular weight excluding hydrogens is 269 g/mol. The number of halogens is 1. The molecule has 0 amide bonds. The van der Waals surface area contributed by atoms with Crippen LogP contribution in [-0.4, -0.2) is 17.6 Å². The molecule has 0 saturated carbocycles. The van der Waals surface area contributed by atoms with Crippen molar-refractivity contribution >= 4 is 11.7 Å². The predicted octanol–water partition coefficient (Wildman–Crippen LogP) is 3.80. The lowest BCUT2D eigenvalue weighted by molar-refractivity contribution is 0.0697. The quantitative estimate of drug-likeness (QED) is 0.879. The Hall–Kier alpha value is -2.36. The van der Waals surface area contributed by atoms with Gasteiger partial charge in [0.1, 0.15) is 5.82 Å². The highest BCUT2D eigenvalue weighted by atomic mass is 19.1. The van der Waals surface area contributed by atoms with Crippen LogP contribution in [0.1, 0.15) is 27.0 Å². The molecule has 0 bridgehead atoms. The van der Waals surface area contributed by atoms with Crippen molar-refractivity contribution in [2.75, 3.05) is 11.9 Å². The smallest absolute Gasteiger partial charge is 0.335 e. The third-order valence-corrected chi connectivity index (χ3v) is 3.49. The van der Waals surface area contributed by atoms with Crippen LogP contribution in [0.5, 0.6) is 0 Å².